The van der Waals surface area contributed by atoms with Gasteiger partial charge in [-0.3, -0.25) is 4.79 Å². The molecule has 138 valence electrons. The van der Waals surface area contributed by atoms with Crippen LogP contribution in [0.3, 0.4) is 0 Å². The van der Waals surface area contributed by atoms with Crippen molar-refractivity contribution in [1.82, 2.24) is 4.98 Å². The van der Waals surface area contributed by atoms with E-state index in [0.717, 1.165) is 10.8 Å². The minimum atomic E-state index is -0.657. The fourth-order valence-electron chi connectivity index (χ4n) is 2.81. The van der Waals surface area contributed by atoms with Gasteiger partial charge in [-0.1, -0.05) is 48.5 Å². The van der Waals surface area contributed by atoms with Gasteiger partial charge in [-0.05, 0) is 23.6 Å². The second-order valence-electron chi connectivity index (χ2n) is 6.04. The molecule has 0 aliphatic rings. The molecular weight excluding hydrogens is 356 g/mol. The van der Waals surface area contributed by atoms with E-state index in [9.17, 15) is 9.59 Å². The van der Waals surface area contributed by atoms with E-state index >= 15 is 0 Å². The van der Waals surface area contributed by atoms with Crippen LogP contribution in [-0.4, -0.2) is 23.5 Å². The van der Waals surface area contributed by atoms with Gasteiger partial charge in [0.2, 0.25) is 5.89 Å². The van der Waals surface area contributed by atoms with Crippen LogP contribution in [0, 0.1) is 0 Å². The van der Waals surface area contributed by atoms with E-state index in [0.29, 0.717) is 22.7 Å². The van der Waals surface area contributed by atoms with Gasteiger partial charge in [-0.25, -0.2) is 9.78 Å². The summed E-state index contributed by atoms with van der Waals surface area (Å²) in [5.74, 6) is -0.784. The maximum atomic E-state index is 12.1. The molecule has 4 rings (SSSR count). The van der Waals surface area contributed by atoms with Gasteiger partial charge in [0.1, 0.15) is 5.52 Å². The first-order valence-corrected chi connectivity index (χ1v) is 8.67. The van der Waals surface area contributed by atoms with Gasteiger partial charge in [0.15, 0.2) is 12.2 Å². The highest BCUT2D eigenvalue weighted by atomic mass is 16.5. The lowest BCUT2D eigenvalue weighted by Crippen LogP contribution is -2.20. The van der Waals surface area contributed by atoms with E-state index in [1.54, 1.807) is 12.1 Å². The van der Waals surface area contributed by atoms with E-state index in [4.69, 9.17) is 9.15 Å². The average molecular weight is 372 g/mol. The molecule has 1 heterocycles. The number of para-hydroxylation sites is 2. The molecule has 0 spiro atoms. The highest BCUT2D eigenvalue weighted by Crippen LogP contribution is 2.22. The summed E-state index contributed by atoms with van der Waals surface area (Å²) < 4.78 is 10.5. The Bertz CT molecular complexity index is 1160. The predicted octanol–water partition coefficient (Wildman–Crippen LogP) is 4.18. The molecule has 1 aromatic heterocycles. The van der Waals surface area contributed by atoms with Gasteiger partial charge in [0.25, 0.3) is 5.91 Å². The second kappa shape index (κ2) is 7.75. The molecule has 28 heavy (non-hydrogen) atoms. The Morgan fingerprint density at radius 1 is 1.00 bits per heavy atom. The zero-order valence-electron chi connectivity index (χ0n) is 14.8. The van der Waals surface area contributed by atoms with Crippen molar-refractivity contribution in [2.45, 2.75) is 0 Å². The van der Waals surface area contributed by atoms with Crippen LogP contribution in [-0.2, 0) is 14.3 Å². The summed E-state index contributed by atoms with van der Waals surface area (Å²) in [6, 6.07) is 20.6. The quantitative estimate of drug-likeness (QED) is 0.420. The van der Waals surface area contributed by atoms with Crippen LogP contribution in [0.5, 0.6) is 0 Å². The molecule has 4 aromatic rings. The summed E-state index contributed by atoms with van der Waals surface area (Å²) in [5.41, 5.74) is 2.00. The number of esters is 1. The Kier molecular flexibility index (Phi) is 4.84. The minimum Gasteiger partial charge on any atom is -0.452 e. The Morgan fingerprint density at radius 2 is 1.79 bits per heavy atom. The van der Waals surface area contributed by atoms with E-state index in [1.165, 1.54) is 12.2 Å². The van der Waals surface area contributed by atoms with Crippen LogP contribution in [0.1, 0.15) is 5.89 Å². The summed E-state index contributed by atoms with van der Waals surface area (Å²) in [4.78, 5) is 28.2. The molecule has 1 N–H and O–H groups in total. The van der Waals surface area contributed by atoms with Gasteiger partial charge in [-0.15, -0.1) is 0 Å². The van der Waals surface area contributed by atoms with Crippen LogP contribution in [0.25, 0.3) is 27.9 Å². The number of hydrogen-bond donors (Lipinski definition) is 1. The number of fused-ring (bicyclic) bond motifs is 2. The largest absolute Gasteiger partial charge is 0.452 e. The van der Waals surface area contributed by atoms with Crippen molar-refractivity contribution in [2.24, 2.45) is 0 Å². The van der Waals surface area contributed by atoms with Crippen molar-refractivity contribution >= 4 is 45.5 Å². The lowest BCUT2D eigenvalue weighted by molar-refractivity contribution is -0.142. The molecule has 0 fully saturated rings. The van der Waals surface area contributed by atoms with E-state index in [1.807, 2.05) is 54.6 Å². The molecule has 3 aromatic carbocycles. The minimum absolute atomic E-state index is 0.290. The number of carbonyl (C=O) groups is 2. The van der Waals surface area contributed by atoms with Crippen molar-refractivity contribution in [3.63, 3.8) is 0 Å². The molecule has 1 amide bonds. The Balaban J connectivity index is 1.34. The number of amides is 1. The van der Waals surface area contributed by atoms with E-state index in [2.05, 4.69) is 10.3 Å². The van der Waals surface area contributed by atoms with Crippen LogP contribution in [0.4, 0.5) is 5.69 Å². The van der Waals surface area contributed by atoms with Crippen molar-refractivity contribution in [3.8, 4) is 0 Å². The SMILES string of the molecule is O=C(COC(=O)/C=C/c1nc2ccccc2o1)Nc1cccc2ccccc12. The zero-order valence-corrected chi connectivity index (χ0v) is 14.8. The molecule has 0 atom stereocenters. The summed E-state index contributed by atoms with van der Waals surface area (Å²) in [6.07, 6.45) is 2.58. The lowest BCUT2D eigenvalue weighted by atomic mass is 10.1. The number of carbonyl (C=O) groups excluding carboxylic acids is 2. The molecule has 0 aliphatic heterocycles. The maximum Gasteiger partial charge on any atom is 0.331 e. The molecule has 0 saturated heterocycles. The number of benzene rings is 3. The molecule has 6 heteroatoms. The topological polar surface area (TPSA) is 81.4 Å². The van der Waals surface area contributed by atoms with Gasteiger partial charge in [0, 0.05) is 23.2 Å². The Labute approximate surface area is 160 Å². The van der Waals surface area contributed by atoms with Gasteiger partial charge in [-0.2, -0.15) is 0 Å². The Hall–Kier alpha value is -3.93. The fourth-order valence-corrected chi connectivity index (χ4v) is 2.81. The summed E-state index contributed by atoms with van der Waals surface area (Å²) in [5, 5.41) is 4.69. The van der Waals surface area contributed by atoms with Crippen molar-refractivity contribution in [1.29, 1.82) is 0 Å². The smallest absolute Gasteiger partial charge is 0.331 e. The van der Waals surface area contributed by atoms with Crippen molar-refractivity contribution in [3.05, 3.63) is 78.7 Å². The molecule has 0 radical (unpaired) electrons. The first-order chi connectivity index (χ1) is 13.7. The molecule has 0 saturated carbocycles. The number of nitrogens with one attached hydrogen (secondary N) is 1. The molecule has 0 unspecified atom stereocenters. The number of aromatic nitrogens is 1. The van der Waals surface area contributed by atoms with Crippen LogP contribution < -0.4 is 5.32 Å². The fraction of sp³-hybridized carbons (Fsp3) is 0.0455. The molecule has 0 aliphatic carbocycles. The number of rotatable bonds is 5. The summed E-state index contributed by atoms with van der Waals surface area (Å²) in [6.45, 7) is -0.389. The number of nitrogens with zero attached hydrogens (tertiary/aromatic N) is 1. The van der Waals surface area contributed by atoms with Gasteiger partial charge in [0.05, 0.1) is 0 Å². The first-order valence-electron chi connectivity index (χ1n) is 8.67. The third-order valence-electron chi connectivity index (χ3n) is 4.08. The third-order valence-corrected chi connectivity index (χ3v) is 4.08. The highest BCUT2D eigenvalue weighted by molar-refractivity contribution is 6.03. The second-order valence-corrected chi connectivity index (χ2v) is 6.04. The number of ether oxygens (including phenoxy) is 1. The Morgan fingerprint density at radius 3 is 2.68 bits per heavy atom. The van der Waals surface area contributed by atoms with E-state index in [-0.39, 0.29) is 6.61 Å². The first kappa shape index (κ1) is 17.5. The molecule has 0 bridgehead atoms. The van der Waals surface area contributed by atoms with Gasteiger partial charge >= 0.3 is 5.97 Å². The van der Waals surface area contributed by atoms with Crippen LogP contribution >= 0.6 is 0 Å². The third kappa shape index (κ3) is 3.91. The molecule has 6 nitrogen and oxygen atoms in total. The predicted molar refractivity (Wildman–Crippen MR) is 107 cm³/mol. The van der Waals surface area contributed by atoms with Crippen molar-refractivity contribution in [2.75, 3.05) is 11.9 Å². The average Bonchev–Trinajstić information content (AvgIpc) is 3.14. The van der Waals surface area contributed by atoms with Gasteiger partial charge < -0.3 is 14.5 Å². The highest BCUT2D eigenvalue weighted by Gasteiger charge is 2.08. The van der Waals surface area contributed by atoms with Crippen LogP contribution in [0.2, 0.25) is 0 Å². The monoisotopic (exact) mass is 372 g/mol. The zero-order chi connectivity index (χ0) is 19.3. The van der Waals surface area contributed by atoms with Crippen LogP contribution in [0.15, 0.2) is 77.2 Å². The maximum absolute atomic E-state index is 12.1. The summed E-state index contributed by atoms with van der Waals surface area (Å²) in [7, 11) is 0. The summed E-state index contributed by atoms with van der Waals surface area (Å²) >= 11 is 0. The number of hydrogen-bond acceptors (Lipinski definition) is 5. The normalized spacial score (nSPS) is 11.1. The standard InChI is InChI=1S/C22H16N2O4/c25-20(23-17-10-5-7-15-6-1-2-8-16(15)17)14-27-22(26)13-12-21-24-18-9-3-4-11-19(18)28-21/h1-13H,14H2,(H,23,25)/b13-12+. The number of oxazole rings is 1. The van der Waals surface area contributed by atoms with Crippen molar-refractivity contribution < 1.29 is 18.7 Å². The number of anilines is 1. The van der Waals surface area contributed by atoms with E-state index < -0.39 is 11.9 Å². The molecular formula is C22H16N2O4. The lowest BCUT2D eigenvalue weighted by Gasteiger charge is -2.08.